The fraction of sp³-hybridized carbons (Fsp3) is 0.286. The van der Waals surface area contributed by atoms with Gasteiger partial charge in [-0.05, 0) is 19.1 Å². The summed E-state index contributed by atoms with van der Waals surface area (Å²) in [4.78, 5) is 8.84. The first-order valence-electron chi connectivity index (χ1n) is 6.35. The quantitative estimate of drug-likeness (QED) is 0.715. The Hall–Kier alpha value is -1.78. The SMILES string of the molecule is [2H]COC1(OC)C=CC2=c3ccnc(C)c3=NC2=C1. The molecule has 1 aromatic rings. The van der Waals surface area contributed by atoms with Crippen molar-refractivity contribution in [1.82, 2.24) is 4.98 Å². The van der Waals surface area contributed by atoms with Crippen LogP contribution >= 0.6 is 0 Å². The van der Waals surface area contributed by atoms with E-state index in [4.69, 9.17) is 10.8 Å². The fourth-order valence-corrected chi connectivity index (χ4v) is 2.23. The van der Waals surface area contributed by atoms with E-state index < -0.39 is 5.79 Å². The van der Waals surface area contributed by atoms with Crippen LogP contribution in [0.2, 0.25) is 0 Å². The number of rotatable bonds is 2. The smallest absolute Gasteiger partial charge is 0.210 e. The van der Waals surface area contributed by atoms with E-state index in [1.807, 2.05) is 19.1 Å². The Kier molecular flexibility index (Phi) is 2.18. The number of hydrogen-bond donors (Lipinski definition) is 0. The van der Waals surface area contributed by atoms with Crippen LogP contribution in [0.1, 0.15) is 7.06 Å². The lowest BCUT2D eigenvalue weighted by molar-refractivity contribution is -0.133. The van der Waals surface area contributed by atoms with Gasteiger partial charge in [-0.3, -0.25) is 4.98 Å². The van der Waals surface area contributed by atoms with E-state index in [2.05, 4.69) is 9.98 Å². The maximum absolute atomic E-state index is 7.21. The van der Waals surface area contributed by atoms with Gasteiger partial charge in [0.1, 0.15) is 0 Å². The van der Waals surface area contributed by atoms with Crippen LogP contribution in [0.25, 0.3) is 5.57 Å². The molecule has 0 saturated carbocycles. The second-order valence-electron chi connectivity index (χ2n) is 4.25. The second kappa shape index (κ2) is 3.86. The molecule has 0 N–H and O–H groups in total. The third-order valence-electron chi connectivity index (χ3n) is 3.27. The number of nitrogens with zero attached hydrogens (tertiary/aromatic N) is 2. The lowest BCUT2D eigenvalue weighted by Crippen LogP contribution is -2.31. The maximum atomic E-state index is 7.21. The van der Waals surface area contributed by atoms with Crippen molar-refractivity contribution in [3.05, 3.63) is 52.5 Å². The highest BCUT2D eigenvalue weighted by atomic mass is 16.7. The maximum Gasteiger partial charge on any atom is 0.210 e. The Labute approximate surface area is 106 Å². The molecule has 1 aromatic heterocycles. The van der Waals surface area contributed by atoms with Gasteiger partial charge in [-0.25, -0.2) is 4.99 Å². The Bertz CT molecular complexity index is 709. The molecule has 0 fully saturated rings. The number of aromatic nitrogens is 1. The summed E-state index contributed by atoms with van der Waals surface area (Å²) in [6.45, 7) is 1.94. The van der Waals surface area contributed by atoms with Crippen molar-refractivity contribution in [2.75, 3.05) is 14.2 Å². The van der Waals surface area contributed by atoms with Crippen molar-refractivity contribution in [1.29, 1.82) is 0 Å². The van der Waals surface area contributed by atoms with Crippen LogP contribution < -0.4 is 10.6 Å². The van der Waals surface area contributed by atoms with Crippen LogP contribution in [0.15, 0.2) is 41.2 Å². The van der Waals surface area contributed by atoms with E-state index in [-0.39, 0.29) is 7.09 Å². The predicted molar refractivity (Wildman–Crippen MR) is 67.1 cm³/mol. The fourth-order valence-electron chi connectivity index (χ4n) is 2.23. The third kappa shape index (κ3) is 1.46. The number of ether oxygens (including phenoxy) is 2. The molecule has 92 valence electrons. The number of hydrogen-bond acceptors (Lipinski definition) is 4. The second-order valence-corrected chi connectivity index (χ2v) is 4.25. The molecular formula is C14H14N2O2. The summed E-state index contributed by atoms with van der Waals surface area (Å²) in [7, 11) is 1.38. The highest BCUT2D eigenvalue weighted by Gasteiger charge is 2.29. The average molecular weight is 243 g/mol. The van der Waals surface area contributed by atoms with Crippen molar-refractivity contribution >= 4 is 5.57 Å². The Morgan fingerprint density at radius 2 is 2.28 bits per heavy atom. The molecular weight excluding hydrogens is 228 g/mol. The molecule has 1 aliphatic carbocycles. The zero-order chi connectivity index (χ0) is 13.5. The van der Waals surface area contributed by atoms with Gasteiger partial charge < -0.3 is 9.47 Å². The summed E-state index contributed by atoms with van der Waals surface area (Å²) in [5, 5.41) is 1.97. The van der Waals surface area contributed by atoms with Gasteiger partial charge in [-0.1, -0.05) is 6.08 Å². The summed E-state index contributed by atoms with van der Waals surface area (Å²) in [5.74, 6) is -0.993. The minimum absolute atomic E-state index is 0.176. The van der Waals surface area contributed by atoms with Gasteiger partial charge >= 0.3 is 0 Å². The Morgan fingerprint density at radius 3 is 3.06 bits per heavy atom. The number of methoxy groups -OCH3 is 2. The van der Waals surface area contributed by atoms with Crippen LogP contribution in [0, 0.1) is 6.92 Å². The summed E-state index contributed by atoms with van der Waals surface area (Å²) >= 11 is 0. The van der Waals surface area contributed by atoms with Gasteiger partial charge in [0.15, 0.2) is 0 Å². The monoisotopic (exact) mass is 243 g/mol. The molecule has 4 nitrogen and oxygen atoms in total. The highest BCUT2D eigenvalue weighted by Crippen LogP contribution is 2.29. The third-order valence-corrected chi connectivity index (χ3v) is 3.27. The molecule has 0 bridgehead atoms. The number of allylic oxidation sites excluding steroid dienone is 1. The minimum Gasteiger partial charge on any atom is -0.346 e. The van der Waals surface area contributed by atoms with Gasteiger partial charge in [-0.2, -0.15) is 0 Å². The summed E-state index contributed by atoms with van der Waals surface area (Å²) in [5.41, 5.74) is 2.75. The molecule has 4 heteroatoms. The Morgan fingerprint density at radius 1 is 1.39 bits per heavy atom. The minimum atomic E-state index is -0.993. The molecule has 2 heterocycles. The van der Waals surface area contributed by atoms with Crippen LogP contribution in [-0.2, 0) is 9.47 Å². The van der Waals surface area contributed by atoms with Gasteiger partial charge in [0.05, 0.1) is 18.1 Å². The van der Waals surface area contributed by atoms with E-state index in [9.17, 15) is 0 Å². The zero-order valence-electron chi connectivity index (χ0n) is 11.3. The summed E-state index contributed by atoms with van der Waals surface area (Å²) in [6, 6.07) is 1.96. The van der Waals surface area contributed by atoms with Gasteiger partial charge in [-0.15, -0.1) is 0 Å². The lowest BCUT2D eigenvalue weighted by atomic mass is 10.0. The molecule has 0 aromatic carbocycles. The van der Waals surface area contributed by atoms with E-state index in [0.29, 0.717) is 0 Å². The lowest BCUT2D eigenvalue weighted by Gasteiger charge is -2.27. The molecule has 1 aliphatic heterocycles. The Balaban J connectivity index is 2.20. The molecule has 18 heavy (non-hydrogen) atoms. The largest absolute Gasteiger partial charge is 0.346 e. The molecule has 0 saturated heterocycles. The van der Waals surface area contributed by atoms with Crippen molar-refractivity contribution in [3.8, 4) is 0 Å². The standard InChI is InChI=1S/C14H14N2O2/c1-9-13-11(5-7-15-9)10-4-6-14(17-2,18-3)8-12(10)16-13/h4-8H,1-3H3/i2D. The van der Waals surface area contributed by atoms with Crippen molar-refractivity contribution in [3.63, 3.8) is 0 Å². The van der Waals surface area contributed by atoms with Crippen molar-refractivity contribution < 1.29 is 10.8 Å². The van der Waals surface area contributed by atoms with Crippen LogP contribution in [0.3, 0.4) is 0 Å². The predicted octanol–water partition coefficient (Wildman–Crippen LogP) is 0.617. The number of aryl methyl sites for hydroxylation is 1. The first-order valence-corrected chi connectivity index (χ1v) is 5.64. The highest BCUT2D eigenvalue weighted by molar-refractivity contribution is 5.76. The summed E-state index contributed by atoms with van der Waals surface area (Å²) in [6.07, 6.45) is 7.33. The average Bonchev–Trinajstić information content (AvgIpc) is 2.78. The van der Waals surface area contributed by atoms with Crippen LogP contribution in [-0.4, -0.2) is 25.0 Å². The molecule has 0 amide bonds. The van der Waals surface area contributed by atoms with E-state index in [1.54, 1.807) is 25.5 Å². The first kappa shape index (κ1) is 10.2. The van der Waals surface area contributed by atoms with Gasteiger partial charge in [0.2, 0.25) is 5.79 Å². The summed E-state index contributed by atoms with van der Waals surface area (Å²) < 4.78 is 17.9. The topological polar surface area (TPSA) is 43.7 Å². The van der Waals surface area contributed by atoms with Crippen molar-refractivity contribution in [2.24, 2.45) is 4.99 Å². The number of fused-ring (bicyclic) bond motifs is 2. The molecule has 0 spiro atoms. The molecule has 3 rings (SSSR count). The van der Waals surface area contributed by atoms with Gasteiger partial charge in [0, 0.05) is 37.3 Å². The van der Waals surface area contributed by atoms with E-state index in [0.717, 1.165) is 27.5 Å². The molecule has 1 unspecified atom stereocenters. The molecule has 2 aliphatic rings. The normalized spacial score (nSPS) is 25.1. The van der Waals surface area contributed by atoms with Crippen LogP contribution in [0.5, 0.6) is 0 Å². The molecule has 1 atom stereocenters. The zero-order valence-corrected chi connectivity index (χ0v) is 10.3. The van der Waals surface area contributed by atoms with Crippen LogP contribution in [0.4, 0.5) is 0 Å². The van der Waals surface area contributed by atoms with E-state index in [1.165, 1.54) is 0 Å². The molecule has 0 radical (unpaired) electrons. The van der Waals surface area contributed by atoms with Gasteiger partial charge in [0.25, 0.3) is 0 Å². The van der Waals surface area contributed by atoms with Crippen molar-refractivity contribution in [2.45, 2.75) is 12.7 Å². The first-order chi connectivity index (χ1) is 9.19. The number of pyridine rings is 1. The van der Waals surface area contributed by atoms with E-state index >= 15 is 0 Å².